The van der Waals surface area contributed by atoms with E-state index in [4.69, 9.17) is 4.74 Å². The molecule has 0 radical (unpaired) electrons. The minimum atomic E-state index is -0.240. The van der Waals surface area contributed by atoms with Crippen LogP contribution >= 0.6 is 0 Å². The van der Waals surface area contributed by atoms with Crippen LogP contribution in [0.3, 0.4) is 0 Å². The van der Waals surface area contributed by atoms with Crippen molar-refractivity contribution in [1.82, 2.24) is 14.9 Å². The summed E-state index contributed by atoms with van der Waals surface area (Å²) in [5.74, 6) is 0.992. The second-order valence-corrected chi connectivity index (χ2v) is 6.39. The van der Waals surface area contributed by atoms with E-state index in [1.807, 2.05) is 31.2 Å². The van der Waals surface area contributed by atoms with Crippen molar-refractivity contribution in [2.75, 3.05) is 50.0 Å². The molecule has 1 aromatic carbocycles. The van der Waals surface area contributed by atoms with E-state index < -0.39 is 0 Å². The number of nitrogens with zero attached hydrogens (tertiary/aromatic N) is 3. The van der Waals surface area contributed by atoms with Gasteiger partial charge in [-0.25, -0.2) is 9.97 Å². The third-order valence-electron chi connectivity index (χ3n) is 4.22. The maximum absolute atomic E-state index is 12.5. The van der Waals surface area contributed by atoms with E-state index in [0.717, 1.165) is 50.6 Å². The third kappa shape index (κ3) is 5.24. The molecule has 3 rings (SSSR count). The lowest BCUT2D eigenvalue weighted by Crippen LogP contribution is -2.39. The van der Waals surface area contributed by atoms with Crippen LogP contribution in [0.25, 0.3) is 0 Å². The molecule has 1 aliphatic heterocycles. The van der Waals surface area contributed by atoms with Crippen LogP contribution in [0.15, 0.2) is 30.3 Å². The van der Waals surface area contributed by atoms with Gasteiger partial charge >= 0.3 is 0 Å². The van der Waals surface area contributed by atoms with Crippen LogP contribution < -0.4 is 10.6 Å². The number of rotatable bonds is 6. The molecule has 2 heterocycles. The number of aryl methyl sites for hydroxylation is 2. The van der Waals surface area contributed by atoms with Gasteiger partial charge in [-0.05, 0) is 26.0 Å². The highest BCUT2D eigenvalue weighted by Crippen LogP contribution is 2.12. The zero-order valence-corrected chi connectivity index (χ0v) is 15.3. The summed E-state index contributed by atoms with van der Waals surface area (Å²) in [6, 6.07) is 9.36. The lowest BCUT2D eigenvalue weighted by molar-refractivity contribution is 0.0398. The highest BCUT2D eigenvalue weighted by molar-refractivity contribution is 6.03. The number of amides is 1. The van der Waals surface area contributed by atoms with E-state index in [9.17, 15) is 4.79 Å². The second kappa shape index (κ2) is 8.73. The Bertz CT molecular complexity index is 742. The van der Waals surface area contributed by atoms with Crippen molar-refractivity contribution in [2.24, 2.45) is 0 Å². The molecule has 0 unspecified atom stereocenters. The fourth-order valence-electron chi connectivity index (χ4n) is 2.77. The van der Waals surface area contributed by atoms with Gasteiger partial charge in [0.25, 0.3) is 5.91 Å². The predicted octanol–water partition coefficient (Wildman–Crippen LogP) is 2.09. The normalized spacial score (nSPS) is 14.8. The van der Waals surface area contributed by atoms with Gasteiger partial charge in [-0.2, -0.15) is 0 Å². The van der Waals surface area contributed by atoms with E-state index in [1.54, 1.807) is 13.0 Å². The van der Waals surface area contributed by atoms with Gasteiger partial charge in [0.05, 0.1) is 13.2 Å². The van der Waals surface area contributed by atoms with Gasteiger partial charge in [0.15, 0.2) is 0 Å². The Morgan fingerprint density at radius 2 is 1.88 bits per heavy atom. The highest BCUT2D eigenvalue weighted by atomic mass is 16.5. The van der Waals surface area contributed by atoms with Crippen LogP contribution in [0.1, 0.15) is 21.9 Å². The first-order valence-corrected chi connectivity index (χ1v) is 8.88. The third-order valence-corrected chi connectivity index (χ3v) is 4.22. The van der Waals surface area contributed by atoms with Crippen molar-refractivity contribution in [2.45, 2.75) is 13.8 Å². The van der Waals surface area contributed by atoms with Gasteiger partial charge < -0.3 is 15.4 Å². The first kappa shape index (κ1) is 18.3. The van der Waals surface area contributed by atoms with Gasteiger partial charge in [0.2, 0.25) is 0 Å². The monoisotopic (exact) mass is 355 g/mol. The lowest BCUT2D eigenvalue weighted by atomic mass is 10.2. The lowest BCUT2D eigenvalue weighted by Gasteiger charge is -2.26. The predicted molar refractivity (Wildman–Crippen MR) is 102 cm³/mol. The molecule has 0 saturated carbocycles. The molecular weight excluding hydrogens is 330 g/mol. The number of nitrogens with one attached hydrogen (secondary N) is 2. The first-order valence-electron chi connectivity index (χ1n) is 8.88. The van der Waals surface area contributed by atoms with Crippen LogP contribution in [0.4, 0.5) is 11.5 Å². The minimum Gasteiger partial charge on any atom is -0.379 e. The Hall–Kier alpha value is -2.51. The number of morpholine rings is 1. The number of benzene rings is 1. The number of hydrogen-bond acceptors (Lipinski definition) is 6. The molecule has 0 spiro atoms. The number of aromatic nitrogens is 2. The Balaban J connectivity index is 1.59. The van der Waals surface area contributed by atoms with Gasteiger partial charge in [-0.1, -0.05) is 17.7 Å². The molecule has 1 aliphatic rings. The number of hydrogen-bond donors (Lipinski definition) is 2. The Morgan fingerprint density at radius 1 is 1.15 bits per heavy atom. The molecule has 1 fully saturated rings. The van der Waals surface area contributed by atoms with E-state index in [1.165, 1.54) is 0 Å². The largest absolute Gasteiger partial charge is 0.379 e. The molecule has 0 aliphatic carbocycles. The molecule has 1 aromatic heterocycles. The molecule has 1 amide bonds. The maximum atomic E-state index is 12.5. The minimum absolute atomic E-state index is 0.240. The molecule has 0 bridgehead atoms. The van der Waals surface area contributed by atoms with Crippen LogP contribution in [0, 0.1) is 13.8 Å². The second-order valence-electron chi connectivity index (χ2n) is 6.39. The average molecular weight is 355 g/mol. The van der Waals surface area contributed by atoms with E-state index in [-0.39, 0.29) is 5.91 Å². The summed E-state index contributed by atoms with van der Waals surface area (Å²) < 4.78 is 5.35. The number of anilines is 2. The Labute approximate surface area is 153 Å². The van der Waals surface area contributed by atoms with Crippen molar-refractivity contribution < 1.29 is 9.53 Å². The molecule has 0 atom stereocenters. The summed E-state index contributed by atoms with van der Waals surface area (Å²) in [4.78, 5) is 23.4. The van der Waals surface area contributed by atoms with Crippen molar-refractivity contribution in [3.05, 3.63) is 47.4 Å². The quantitative estimate of drug-likeness (QED) is 0.826. The summed E-state index contributed by atoms with van der Waals surface area (Å²) in [5.41, 5.74) is 2.25. The summed E-state index contributed by atoms with van der Waals surface area (Å²) in [6.45, 7) is 8.95. The zero-order chi connectivity index (χ0) is 18.4. The van der Waals surface area contributed by atoms with Crippen LogP contribution in [-0.2, 0) is 4.74 Å². The number of carbonyl (C=O) groups excluding carboxylic acids is 1. The maximum Gasteiger partial charge on any atom is 0.274 e. The highest BCUT2D eigenvalue weighted by Gasteiger charge is 2.12. The molecule has 1 saturated heterocycles. The molecule has 138 valence electrons. The van der Waals surface area contributed by atoms with Crippen molar-refractivity contribution >= 4 is 17.4 Å². The number of carbonyl (C=O) groups is 1. The van der Waals surface area contributed by atoms with Crippen LogP contribution in [0.5, 0.6) is 0 Å². The number of ether oxygens (including phenoxy) is 1. The van der Waals surface area contributed by atoms with Crippen LogP contribution in [0.2, 0.25) is 0 Å². The van der Waals surface area contributed by atoms with E-state index in [2.05, 4.69) is 25.5 Å². The van der Waals surface area contributed by atoms with Crippen molar-refractivity contribution in [3.63, 3.8) is 0 Å². The standard InChI is InChI=1S/C19H25N5O2/c1-14-3-5-16(6-4-14)23-19(25)17-13-18(22-15(2)21-17)20-7-8-24-9-11-26-12-10-24/h3-6,13H,7-12H2,1-2H3,(H,23,25)(H,20,21,22). The summed E-state index contributed by atoms with van der Waals surface area (Å²) in [5, 5.41) is 6.15. The van der Waals surface area contributed by atoms with Crippen molar-refractivity contribution in [3.8, 4) is 0 Å². The fourth-order valence-corrected chi connectivity index (χ4v) is 2.77. The first-order chi connectivity index (χ1) is 12.6. The van der Waals surface area contributed by atoms with Gasteiger partial charge in [-0.3, -0.25) is 9.69 Å². The molecule has 7 heteroatoms. The van der Waals surface area contributed by atoms with Gasteiger partial charge in [0, 0.05) is 37.9 Å². The van der Waals surface area contributed by atoms with Gasteiger partial charge in [-0.15, -0.1) is 0 Å². The van der Waals surface area contributed by atoms with Crippen LogP contribution in [-0.4, -0.2) is 60.2 Å². The topological polar surface area (TPSA) is 79.4 Å². The van der Waals surface area contributed by atoms with E-state index in [0.29, 0.717) is 17.3 Å². The van der Waals surface area contributed by atoms with Gasteiger partial charge in [0.1, 0.15) is 17.3 Å². The van der Waals surface area contributed by atoms with E-state index >= 15 is 0 Å². The molecule has 2 N–H and O–H groups in total. The Kier molecular flexibility index (Phi) is 6.14. The summed E-state index contributed by atoms with van der Waals surface area (Å²) in [6.07, 6.45) is 0. The average Bonchev–Trinajstić information content (AvgIpc) is 2.64. The summed E-state index contributed by atoms with van der Waals surface area (Å²) >= 11 is 0. The summed E-state index contributed by atoms with van der Waals surface area (Å²) in [7, 11) is 0. The van der Waals surface area contributed by atoms with Crippen molar-refractivity contribution in [1.29, 1.82) is 0 Å². The zero-order valence-electron chi connectivity index (χ0n) is 15.3. The fraction of sp³-hybridized carbons (Fsp3) is 0.421. The molecular formula is C19H25N5O2. The smallest absolute Gasteiger partial charge is 0.274 e. The molecule has 2 aromatic rings. The molecule has 7 nitrogen and oxygen atoms in total. The Morgan fingerprint density at radius 3 is 2.62 bits per heavy atom. The molecule has 26 heavy (non-hydrogen) atoms. The SMILES string of the molecule is Cc1ccc(NC(=O)c2cc(NCCN3CCOCC3)nc(C)n2)cc1.